The molecule has 3 rings (SSSR count). The van der Waals surface area contributed by atoms with E-state index in [9.17, 15) is 4.79 Å². The van der Waals surface area contributed by atoms with Gasteiger partial charge in [0.05, 0.1) is 11.6 Å². The minimum Gasteiger partial charge on any atom is -0.344 e. The van der Waals surface area contributed by atoms with Crippen molar-refractivity contribution in [2.45, 2.75) is 31.7 Å². The molecule has 1 aliphatic rings. The Bertz CT molecular complexity index is 608. The minimum absolute atomic E-state index is 0.0553. The van der Waals surface area contributed by atoms with Crippen LogP contribution in [0.4, 0.5) is 0 Å². The number of carbonyl (C=O) groups is 1. The van der Waals surface area contributed by atoms with Gasteiger partial charge in [-0.25, -0.2) is 4.98 Å². The average Bonchev–Trinajstić information content (AvgIpc) is 3.18. The molecule has 1 atom stereocenters. The lowest BCUT2D eigenvalue weighted by Gasteiger charge is -2.24. The van der Waals surface area contributed by atoms with Crippen molar-refractivity contribution in [2.24, 2.45) is 5.92 Å². The molecule has 0 aromatic carbocycles. The first kappa shape index (κ1) is 14.7. The van der Waals surface area contributed by atoms with Crippen LogP contribution in [0.3, 0.4) is 0 Å². The van der Waals surface area contributed by atoms with Gasteiger partial charge in [0.2, 0.25) is 0 Å². The first-order valence-electron chi connectivity index (χ1n) is 7.20. The van der Waals surface area contributed by atoms with Crippen LogP contribution in [0.5, 0.6) is 0 Å². The van der Waals surface area contributed by atoms with E-state index in [-0.39, 0.29) is 11.9 Å². The molecule has 0 saturated heterocycles. The highest BCUT2D eigenvalue weighted by atomic mass is 79.9. The van der Waals surface area contributed by atoms with E-state index in [0.29, 0.717) is 16.1 Å². The molecule has 3 nitrogen and oxygen atoms in total. The van der Waals surface area contributed by atoms with Gasteiger partial charge in [-0.2, -0.15) is 0 Å². The van der Waals surface area contributed by atoms with E-state index in [1.807, 2.05) is 6.07 Å². The van der Waals surface area contributed by atoms with E-state index in [4.69, 9.17) is 0 Å². The Labute approximate surface area is 136 Å². The molecule has 1 fully saturated rings. The summed E-state index contributed by atoms with van der Waals surface area (Å²) in [6.45, 7) is 0. The average molecular weight is 365 g/mol. The summed E-state index contributed by atoms with van der Waals surface area (Å²) in [4.78, 5) is 17.9. The predicted molar refractivity (Wildman–Crippen MR) is 88.4 cm³/mol. The van der Waals surface area contributed by atoms with E-state index in [2.05, 4.69) is 37.7 Å². The number of halogens is 1. The lowest BCUT2D eigenvalue weighted by molar-refractivity contribution is 0.0921. The SMILES string of the molecule is O=C(NC(c1cccs1)C1CCCC1)c1cccnc1Br. The quantitative estimate of drug-likeness (QED) is 0.807. The van der Waals surface area contributed by atoms with Gasteiger partial charge >= 0.3 is 0 Å². The summed E-state index contributed by atoms with van der Waals surface area (Å²) in [6.07, 6.45) is 6.58. The van der Waals surface area contributed by atoms with Crippen molar-refractivity contribution in [1.29, 1.82) is 0 Å². The molecule has 110 valence electrons. The zero-order valence-electron chi connectivity index (χ0n) is 11.6. The van der Waals surface area contributed by atoms with Crippen LogP contribution in [-0.4, -0.2) is 10.9 Å². The fourth-order valence-electron chi connectivity index (χ4n) is 2.95. The fourth-order valence-corrected chi connectivity index (χ4v) is 4.25. The van der Waals surface area contributed by atoms with Crippen LogP contribution in [0.25, 0.3) is 0 Å². The third-order valence-corrected chi connectivity index (χ3v) is 5.60. The number of hydrogen-bond acceptors (Lipinski definition) is 3. The molecule has 2 aromatic heterocycles. The number of hydrogen-bond donors (Lipinski definition) is 1. The van der Waals surface area contributed by atoms with Crippen LogP contribution in [0.2, 0.25) is 0 Å². The maximum Gasteiger partial charge on any atom is 0.254 e. The van der Waals surface area contributed by atoms with Crippen molar-refractivity contribution in [2.75, 3.05) is 0 Å². The Morgan fingerprint density at radius 3 is 2.81 bits per heavy atom. The first-order valence-corrected chi connectivity index (χ1v) is 8.88. The second-order valence-corrected chi connectivity index (χ2v) is 7.08. The summed E-state index contributed by atoms with van der Waals surface area (Å²) in [5.41, 5.74) is 0.594. The number of pyridine rings is 1. The molecule has 1 amide bonds. The van der Waals surface area contributed by atoms with E-state index in [0.717, 1.165) is 0 Å². The highest BCUT2D eigenvalue weighted by Gasteiger charge is 2.29. The largest absolute Gasteiger partial charge is 0.344 e. The highest BCUT2D eigenvalue weighted by Crippen LogP contribution is 2.37. The summed E-state index contributed by atoms with van der Waals surface area (Å²) in [7, 11) is 0. The Morgan fingerprint density at radius 1 is 1.33 bits per heavy atom. The summed E-state index contributed by atoms with van der Waals surface area (Å²) in [5, 5.41) is 5.29. The summed E-state index contributed by atoms with van der Waals surface area (Å²) >= 11 is 5.07. The van der Waals surface area contributed by atoms with Crippen LogP contribution >= 0.6 is 27.3 Å². The summed E-state index contributed by atoms with van der Waals surface area (Å²) in [5.74, 6) is 0.489. The van der Waals surface area contributed by atoms with Crippen LogP contribution < -0.4 is 5.32 Å². The molecule has 21 heavy (non-hydrogen) atoms. The zero-order valence-corrected chi connectivity index (χ0v) is 14.0. The first-order chi connectivity index (χ1) is 10.3. The molecule has 1 N–H and O–H groups in total. The van der Waals surface area contributed by atoms with Gasteiger partial charge in [-0.05, 0) is 58.3 Å². The second-order valence-electron chi connectivity index (χ2n) is 5.35. The van der Waals surface area contributed by atoms with Gasteiger partial charge in [-0.3, -0.25) is 4.79 Å². The number of nitrogens with one attached hydrogen (secondary N) is 1. The van der Waals surface area contributed by atoms with Gasteiger partial charge in [-0.1, -0.05) is 18.9 Å². The lowest BCUT2D eigenvalue weighted by atomic mass is 9.96. The van der Waals surface area contributed by atoms with E-state index in [1.165, 1.54) is 30.6 Å². The van der Waals surface area contributed by atoms with Crippen molar-refractivity contribution in [3.05, 3.63) is 50.9 Å². The molecule has 0 aliphatic heterocycles. The second kappa shape index (κ2) is 6.71. The minimum atomic E-state index is -0.0553. The molecule has 2 heterocycles. The van der Waals surface area contributed by atoms with Crippen LogP contribution in [0, 0.1) is 5.92 Å². The van der Waals surface area contributed by atoms with Crippen LogP contribution in [-0.2, 0) is 0 Å². The summed E-state index contributed by atoms with van der Waals surface area (Å²) in [6, 6.07) is 7.87. The van der Waals surface area contributed by atoms with Crippen LogP contribution in [0.15, 0.2) is 40.4 Å². The number of carbonyl (C=O) groups excluding carboxylic acids is 1. The summed E-state index contributed by atoms with van der Waals surface area (Å²) < 4.78 is 0.596. The normalized spacial score (nSPS) is 16.8. The van der Waals surface area contributed by atoms with E-state index >= 15 is 0 Å². The lowest BCUT2D eigenvalue weighted by Crippen LogP contribution is -2.32. The Balaban J connectivity index is 1.81. The molecule has 0 radical (unpaired) electrons. The number of amides is 1. The van der Waals surface area contributed by atoms with E-state index in [1.54, 1.807) is 29.7 Å². The number of thiophene rings is 1. The number of nitrogens with zero attached hydrogens (tertiary/aromatic N) is 1. The highest BCUT2D eigenvalue weighted by molar-refractivity contribution is 9.10. The molecular weight excluding hydrogens is 348 g/mol. The molecule has 0 spiro atoms. The topological polar surface area (TPSA) is 42.0 Å². The van der Waals surface area contributed by atoms with Crippen molar-refractivity contribution >= 4 is 33.2 Å². The van der Waals surface area contributed by atoms with E-state index < -0.39 is 0 Å². The molecule has 2 aromatic rings. The van der Waals surface area contributed by atoms with Crippen LogP contribution in [0.1, 0.15) is 47.0 Å². The maximum absolute atomic E-state index is 12.6. The molecule has 5 heteroatoms. The van der Waals surface area contributed by atoms with Crippen molar-refractivity contribution in [3.8, 4) is 0 Å². The maximum atomic E-state index is 12.6. The Kier molecular flexibility index (Phi) is 4.70. The van der Waals surface area contributed by atoms with Gasteiger partial charge in [0.25, 0.3) is 5.91 Å². The van der Waals surface area contributed by atoms with Gasteiger partial charge in [0, 0.05) is 11.1 Å². The number of rotatable bonds is 4. The molecular formula is C16H17BrN2OS. The third-order valence-electron chi connectivity index (χ3n) is 4.01. The van der Waals surface area contributed by atoms with Gasteiger partial charge < -0.3 is 5.32 Å². The monoisotopic (exact) mass is 364 g/mol. The van der Waals surface area contributed by atoms with Gasteiger partial charge in [0.15, 0.2) is 0 Å². The van der Waals surface area contributed by atoms with Crippen molar-refractivity contribution in [3.63, 3.8) is 0 Å². The van der Waals surface area contributed by atoms with Crippen molar-refractivity contribution < 1.29 is 4.79 Å². The van der Waals surface area contributed by atoms with Crippen molar-refractivity contribution in [1.82, 2.24) is 10.3 Å². The Morgan fingerprint density at radius 2 is 2.14 bits per heavy atom. The fraction of sp³-hybridized carbons (Fsp3) is 0.375. The molecule has 1 aliphatic carbocycles. The predicted octanol–water partition coefficient (Wildman–Crippen LogP) is 4.57. The molecule has 1 saturated carbocycles. The molecule has 1 unspecified atom stereocenters. The Hall–Kier alpha value is -1.20. The third kappa shape index (κ3) is 3.35. The molecule has 0 bridgehead atoms. The zero-order chi connectivity index (χ0) is 14.7. The van der Waals surface area contributed by atoms with Gasteiger partial charge in [0.1, 0.15) is 4.60 Å². The smallest absolute Gasteiger partial charge is 0.254 e. The standard InChI is InChI=1S/C16H17BrN2OS/c17-15-12(7-3-9-18-15)16(20)19-14(11-5-1-2-6-11)13-8-4-10-21-13/h3-4,7-11,14H,1-2,5-6H2,(H,19,20). The number of aromatic nitrogens is 1. The van der Waals surface area contributed by atoms with Gasteiger partial charge in [-0.15, -0.1) is 11.3 Å².